The summed E-state index contributed by atoms with van der Waals surface area (Å²) in [6, 6.07) is 8.41. The van der Waals surface area contributed by atoms with Crippen molar-refractivity contribution in [3.63, 3.8) is 0 Å². The fourth-order valence-corrected chi connectivity index (χ4v) is 4.26. The molecule has 1 aromatic carbocycles. The third-order valence-electron chi connectivity index (χ3n) is 1.82. The quantitative estimate of drug-likeness (QED) is 0.597. The number of hydrogen-bond acceptors (Lipinski definition) is 1. The van der Waals surface area contributed by atoms with E-state index in [1.807, 2.05) is 6.07 Å². The van der Waals surface area contributed by atoms with Gasteiger partial charge in [0.05, 0.1) is 0 Å². The van der Waals surface area contributed by atoms with Crippen LogP contribution >= 0.6 is 0 Å². The van der Waals surface area contributed by atoms with E-state index >= 15 is 0 Å². The van der Waals surface area contributed by atoms with E-state index in [0.717, 1.165) is 5.75 Å². The zero-order valence-corrected chi connectivity index (χ0v) is 10.6. The van der Waals surface area contributed by atoms with Gasteiger partial charge in [-0.2, -0.15) is 0 Å². The third-order valence-corrected chi connectivity index (χ3v) is 5.08. The first-order valence-electron chi connectivity index (χ1n) is 4.64. The molecule has 1 aromatic rings. The fourth-order valence-electron chi connectivity index (χ4n) is 1.06. The molecule has 0 N–H and O–H groups in total. The molecule has 0 saturated heterocycles. The second-order valence-corrected chi connectivity index (χ2v) is 6.10. The Balaban J connectivity index is 2.54. The second kappa shape index (κ2) is 6.29. The normalized spacial score (nSPS) is 10.0. The molecule has 0 heterocycles. The van der Waals surface area contributed by atoms with E-state index in [2.05, 4.69) is 25.1 Å². The molecule has 0 spiro atoms. The predicted octanol–water partition coefficient (Wildman–Crippen LogP) is 2.24. The maximum atomic E-state index is 5.31. The summed E-state index contributed by atoms with van der Waals surface area (Å²) < 4.78 is 8.16. The Bertz CT molecular complexity index is 248. The number of hydrogen-bond donors (Lipinski definition) is 0. The van der Waals surface area contributed by atoms with Crippen LogP contribution in [-0.2, 0) is 0 Å². The predicted molar refractivity (Wildman–Crippen MR) is 58.1 cm³/mol. The first kappa shape index (κ1) is 10.9. The summed E-state index contributed by atoms with van der Waals surface area (Å²) in [6.07, 6.45) is 2.67. The van der Waals surface area contributed by atoms with Crippen LogP contribution in [0.25, 0.3) is 0 Å². The second-order valence-electron chi connectivity index (χ2n) is 2.85. The first-order chi connectivity index (χ1) is 6.38. The van der Waals surface area contributed by atoms with Crippen molar-refractivity contribution >= 4 is 24.5 Å². The Hall–Kier alpha value is -0.190. The Morgan fingerprint density at radius 2 is 2.08 bits per heavy atom. The van der Waals surface area contributed by atoms with E-state index in [0.29, 0.717) is 0 Å². The van der Waals surface area contributed by atoms with Crippen molar-refractivity contribution in [3.8, 4) is 5.75 Å². The molecule has 0 saturated carbocycles. The molecule has 0 bridgehead atoms. The van der Waals surface area contributed by atoms with Crippen molar-refractivity contribution in [2.24, 2.45) is 0 Å². The SMILES string of the molecule is CCCC[Te]c1ccccc1OC. The van der Waals surface area contributed by atoms with Gasteiger partial charge >= 0.3 is 90.6 Å². The summed E-state index contributed by atoms with van der Waals surface area (Å²) in [5.41, 5.74) is 0. The standard InChI is InChI=1S/C11H16OTe/c1-3-4-9-13-11-8-6-5-7-10(11)12-2/h5-8H,3-4,9H2,1-2H3. The monoisotopic (exact) mass is 294 g/mol. The molecular formula is C11H16OTe. The van der Waals surface area contributed by atoms with Crippen LogP contribution in [-0.4, -0.2) is 28.0 Å². The molecule has 0 amide bonds. The number of rotatable bonds is 5. The average Bonchev–Trinajstić information content (AvgIpc) is 2.19. The molecule has 0 aromatic heterocycles. The number of methoxy groups -OCH3 is 1. The van der Waals surface area contributed by atoms with Crippen molar-refractivity contribution < 1.29 is 4.74 Å². The van der Waals surface area contributed by atoms with E-state index in [1.54, 1.807) is 7.11 Å². The Morgan fingerprint density at radius 1 is 1.31 bits per heavy atom. The Kier molecular flexibility index (Phi) is 5.27. The Labute approximate surface area is 90.6 Å². The minimum atomic E-state index is -0.00897. The van der Waals surface area contributed by atoms with Crippen LogP contribution in [0.4, 0.5) is 0 Å². The Morgan fingerprint density at radius 3 is 2.77 bits per heavy atom. The van der Waals surface area contributed by atoms with E-state index in [4.69, 9.17) is 4.74 Å². The molecule has 0 aliphatic carbocycles. The van der Waals surface area contributed by atoms with Gasteiger partial charge < -0.3 is 0 Å². The molecule has 1 rings (SSSR count). The summed E-state index contributed by atoms with van der Waals surface area (Å²) in [4.78, 5) is 0. The summed E-state index contributed by atoms with van der Waals surface area (Å²) in [5, 5.41) is 0. The first-order valence-corrected chi connectivity index (χ1v) is 7.45. The van der Waals surface area contributed by atoms with Crippen molar-refractivity contribution in [2.75, 3.05) is 7.11 Å². The van der Waals surface area contributed by atoms with Gasteiger partial charge in [-0.15, -0.1) is 0 Å². The van der Waals surface area contributed by atoms with E-state index in [-0.39, 0.29) is 20.9 Å². The zero-order valence-electron chi connectivity index (χ0n) is 8.25. The van der Waals surface area contributed by atoms with Gasteiger partial charge in [0.15, 0.2) is 0 Å². The molecule has 13 heavy (non-hydrogen) atoms. The van der Waals surface area contributed by atoms with Gasteiger partial charge in [0.25, 0.3) is 0 Å². The molecule has 0 aliphatic heterocycles. The van der Waals surface area contributed by atoms with Gasteiger partial charge in [0, 0.05) is 0 Å². The minimum absolute atomic E-state index is 0.00897. The summed E-state index contributed by atoms with van der Waals surface area (Å²) in [7, 11) is 1.76. The molecular weight excluding hydrogens is 276 g/mol. The van der Waals surface area contributed by atoms with Crippen molar-refractivity contribution in [1.82, 2.24) is 0 Å². The summed E-state index contributed by atoms with van der Waals surface area (Å²) >= 11 is -0.00897. The summed E-state index contributed by atoms with van der Waals surface area (Å²) in [5.74, 6) is 1.08. The van der Waals surface area contributed by atoms with Gasteiger partial charge in [-0.1, -0.05) is 0 Å². The van der Waals surface area contributed by atoms with E-state index < -0.39 is 0 Å². The molecule has 0 aliphatic rings. The van der Waals surface area contributed by atoms with Crippen LogP contribution in [0, 0.1) is 0 Å². The van der Waals surface area contributed by atoms with E-state index in [1.165, 1.54) is 20.9 Å². The van der Waals surface area contributed by atoms with Gasteiger partial charge in [-0.3, -0.25) is 0 Å². The van der Waals surface area contributed by atoms with Crippen molar-refractivity contribution in [2.45, 2.75) is 24.2 Å². The number of benzene rings is 1. The van der Waals surface area contributed by atoms with Crippen LogP contribution in [0.3, 0.4) is 0 Å². The van der Waals surface area contributed by atoms with Crippen LogP contribution in [0.2, 0.25) is 4.47 Å². The molecule has 2 heteroatoms. The molecule has 0 fully saturated rings. The van der Waals surface area contributed by atoms with Gasteiger partial charge in [0.1, 0.15) is 0 Å². The number of para-hydroxylation sites is 1. The van der Waals surface area contributed by atoms with Crippen molar-refractivity contribution in [1.29, 1.82) is 0 Å². The molecule has 72 valence electrons. The van der Waals surface area contributed by atoms with Crippen LogP contribution in [0.1, 0.15) is 19.8 Å². The third kappa shape index (κ3) is 3.58. The topological polar surface area (TPSA) is 9.23 Å². The van der Waals surface area contributed by atoms with Crippen molar-refractivity contribution in [3.05, 3.63) is 24.3 Å². The molecule has 0 radical (unpaired) electrons. The van der Waals surface area contributed by atoms with Crippen LogP contribution in [0.5, 0.6) is 5.75 Å². The van der Waals surface area contributed by atoms with Gasteiger partial charge in [-0.05, 0) is 0 Å². The molecule has 1 nitrogen and oxygen atoms in total. The maximum absolute atomic E-state index is 5.31. The van der Waals surface area contributed by atoms with Gasteiger partial charge in [0.2, 0.25) is 0 Å². The average molecular weight is 292 g/mol. The van der Waals surface area contributed by atoms with Gasteiger partial charge in [-0.25, -0.2) is 0 Å². The molecule has 0 unspecified atom stereocenters. The zero-order chi connectivity index (χ0) is 9.52. The molecule has 0 atom stereocenters. The number of unbranched alkanes of at least 4 members (excludes halogenated alkanes) is 1. The fraction of sp³-hybridized carbons (Fsp3) is 0.455. The van der Waals surface area contributed by atoms with Crippen LogP contribution in [0.15, 0.2) is 24.3 Å². The van der Waals surface area contributed by atoms with E-state index in [9.17, 15) is 0 Å². The summed E-state index contributed by atoms with van der Waals surface area (Å²) in [6.45, 7) is 2.25. The van der Waals surface area contributed by atoms with Crippen LogP contribution < -0.4 is 8.35 Å². The number of ether oxygens (including phenoxy) is 1.